The molecule has 0 bridgehead atoms. The molecule has 3 atom stereocenters. The lowest BCUT2D eigenvalue weighted by Gasteiger charge is -2.24. The van der Waals surface area contributed by atoms with Crippen LogP contribution in [0.1, 0.15) is 25.7 Å². The Kier molecular flexibility index (Phi) is 3.86. The van der Waals surface area contributed by atoms with Crippen LogP contribution in [0.3, 0.4) is 0 Å². The molecular weight excluding hydrogens is 218 g/mol. The number of hydrogen-bond acceptors (Lipinski definition) is 4. The van der Waals surface area contributed by atoms with E-state index >= 15 is 0 Å². The summed E-state index contributed by atoms with van der Waals surface area (Å²) in [7, 11) is 0. The molecule has 0 aromatic heterocycles. The third-order valence-corrected chi connectivity index (χ3v) is 3.18. The van der Waals surface area contributed by atoms with E-state index in [0.29, 0.717) is 17.9 Å². The van der Waals surface area contributed by atoms with Gasteiger partial charge in [0.1, 0.15) is 18.0 Å². The summed E-state index contributed by atoms with van der Waals surface area (Å²) in [6.45, 7) is 0. The molecule has 0 radical (unpaired) electrons. The molecule has 1 saturated carbocycles. The maximum absolute atomic E-state index is 9.93. The maximum Gasteiger partial charge on any atom is 0.127 e. The summed E-state index contributed by atoms with van der Waals surface area (Å²) < 4.78 is 5.71. The third kappa shape index (κ3) is 3.11. The fourth-order valence-corrected chi connectivity index (χ4v) is 2.14. The van der Waals surface area contributed by atoms with Crippen molar-refractivity contribution in [2.24, 2.45) is 0 Å². The molecule has 1 aliphatic rings. The van der Waals surface area contributed by atoms with Crippen molar-refractivity contribution in [3.8, 4) is 5.75 Å². The van der Waals surface area contributed by atoms with Gasteiger partial charge in [0.15, 0.2) is 0 Å². The van der Waals surface area contributed by atoms with E-state index in [-0.39, 0.29) is 6.10 Å². The number of rotatable bonds is 2. The smallest absolute Gasteiger partial charge is 0.127 e. The van der Waals surface area contributed by atoms with E-state index in [1.54, 1.807) is 24.3 Å². The highest BCUT2D eigenvalue weighted by atomic mass is 16.5. The molecule has 3 unspecified atom stereocenters. The summed E-state index contributed by atoms with van der Waals surface area (Å²) in [6.07, 6.45) is 1.47. The van der Waals surface area contributed by atoms with Gasteiger partial charge in [-0.3, -0.25) is 0 Å². The van der Waals surface area contributed by atoms with Crippen molar-refractivity contribution in [2.45, 2.75) is 44.0 Å². The van der Waals surface area contributed by atoms with Crippen molar-refractivity contribution in [1.29, 1.82) is 0 Å². The van der Waals surface area contributed by atoms with E-state index in [9.17, 15) is 10.2 Å². The molecule has 4 N–H and O–H groups in total. The normalized spacial score (nSPS) is 29.6. The predicted octanol–water partition coefficient (Wildman–Crippen LogP) is 1.31. The molecular formula is C13H19NO3. The first kappa shape index (κ1) is 12.2. The minimum Gasteiger partial charge on any atom is -0.488 e. The largest absolute Gasteiger partial charge is 0.488 e. The zero-order chi connectivity index (χ0) is 12.3. The average molecular weight is 237 g/mol. The molecule has 0 heterocycles. The third-order valence-electron chi connectivity index (χ3n) is 3.18. The van der Waals surface area contributed by atoms with Crippen LogP contribution in [0.4, 0.5) is 5.69 Å². The first-order valence-electron chi connectivity index (χ1n) is 6.05. The molecule has 0 spiro atoms. The molecule has 94 valence electrons. The molecule has 2 rings (SSSR count). The summed E-state index contributed by atoms with van der Waals surface area (Å²) in [5, 5.41) is 19.6. The molecule has 17 heavy (non-hydrogen) atoms. The minimum atomic E-state index is -0.810. The number of aliphatic hydroxyl groups excluding tert-OH is 2. The van der Waals surface area contributed by atoms with E-state index in [2.05, 4.69) is 0 Å². The van der Waals surface area contributed by atoms with Gasteiger partial charge in [-0.1, -0.05) is 6.42 Å². The Labute approximate surface area is 101 Å². The standard InChI is InChI=1S/C13H19NO3/c14-9-5-7-10(8-6-9)17-12-4-2-1-3-11(15)13(12)16/h5-8,11-13,15-16H,1-4,14H2. The lowest BCUT2D eigenvalue weighted by Crippen LogP contribution is -2.39. The van der Waals surface area contributed by atoms with Gasteiger partial charge in [-0.15, -0.1) is 0 Å². The van der Waals surface area contributed by atoms with E-state index in [0.717, 1.165) is 19.3 Å². The van der Waals surface area contributed by atoms with Gasteiger partial charge in [-0.05, 0) is 43.5 Å². The molecule has 0 aliphatic heterocycles. The van der Waals surface area contributed by atoms with Crippen molar-refractivity contribution in [1.82, 2.24) is 0 Å². The Balaban J connectivity index is 2.03. The number of benzene rings is 1. The monoisotopic (exact) mass is 237 g/mol. The second-order valence-electron chi connectivity index (χ2n) is 4.57. The minimum absolute atomic E-state index is 0.337. The van der Waals surface area contributed by atoms with E-state index in [1.807, 2.05) is 0 Å². The number of nitrogens with two attached hydrogens (primary N) is 1. The highest BCUT2D eigenvalue weighted by Gasteiger charge is 2.30. The zero-order valence-electron chi connectivity index (χ0n) is 9.75. The van der Waals surface area contributed by atoms with Crippen LogP contribution in [-0.2, 0) is 0 Å². The van der Waals surface area contributed by atoms with Crippen LogP contribution in [0.15, 0.2) is 24.3 Å². The molecule has 1 fully saturated rings. The number of ether oxygens (including phenoxy) is 1. The molecule has 1 aromatic rings. The topological polar surface area (TPSA) is 75.7 Å². The van der Waals surface area contributed by atoms with Crippen molar-refractivity contribution < 1.29 is 14.9 Å². The Morgan fingerprint density at radius 1 is 1.06 bits per heavy atom. The van der Waals surface area contributed by atoms with Crippen LogP contribution in [0.5, 0.6) is 5.75 Å². The highest BCUT2D eigenvalue weighted by Crippen LogP contribution is 2.24. The highest BCUT2D eigenvalue weighted by molar-refractivity contribution is 5.41. The van der Waals surface area contributed by atoms with Crippen LogP contribution in [0.25, 0.3) is 0 Å². The van der Waals surface area contributed by atoms with Crippen LogP contribution in [0.2, 0.25) is 0 Å². The SMILES string of the molecule is Nc1ccc(OC2CCCCC(O)C2O)cc1. The second-order valence-corrected chi connectivity index (χ2v) is 4.57. The molecule has 4 heteroatoms. The fourth-order valence-electron chi connectivity index (χ4n) is 2.14. The predicted molar refractivity (Wildman–Crippen MR) is 65.8 cm³/mol. The molecule has 0 saturated heterocycles. The summed E-state index contributed by atoms with van der Waals surface area (Å²) in [6, 6.07) is 7.07. The van der Waals surface area contributed by atoms with E-state index in [4.69, 9.17) is 10.5 Å². The number of hydrogen-bond donors (Lipinski definition) is 3. The van der Waals surface area contributed by atoms with Gasteiger partial charge in [0, 0.05) is 5.69 Å². The first-order chi connectivity index (χ1) is 8.16. The van der Waals surface area contributed by atoms with Gasteiger partial charge >= 0.3 is 0 Å². The maximum atomic E-state index is 9.93. The zero-order valence-corrected chi connectivity index (χ0v) is 9.75. The van der Waals surface area contributed by atoms with Gasteiger partial charge in [0.2, 0.25) is 0 Å². The van der Waals surface area contributed by atoms with Crippen molar-refractivity contribution >= 4 is 5.69 Å². The summed E-state index contributed by atoms with van der Waals surface area (Å²) in [5.74, 6) is 0.678. The lowest BCUT2D eigenvalue weighted by molar-refractivity contribution is -0.0454. The van der Waals surface area contributed by atoms with Gasteiger partial charge < -0.3 is 20.7 Å². The molecule has 0 amide bonds. The summed E-state index contributed by atoms with van der Waals surface area (Å²) in [5.41, 5.74) is 6.27. The Hall–Kier alpha value is -1.26. The van der Waals surface area contributed by atoms with Crippen molar-refractivity contribution in [2.75, 3.05) is 5.73 Å². The second kappa shape index (κ2) is 5.38. The van der Waals surface area contributed by atoms with Crippen LogP contribution in [0, 0.1) is 0 Å². The summed E-state index contributed by atoms with van der Waals surface area (Å²) in [4.78, 5) is 0. The Morgan fingerprint density at radius 3 is 2.41 bits per heavy atom. The molecule has 1 aliphatic carbocycles. The number of aliphatic hydroxyl groups is 2. The quantitative estimate of drug-likeness (QED) is 0.535. The van der Waals surface area contributed by atoms with Gasteiger partial charge in [0.25, 0.3) is 0 Å². The lowest BCUT2D eigenvalue weighted by atomic mass is 10.1. The van der Waals surface area contributed by atoms with E-state index in [1.165, 1.54) is 0 Å². The van der Waals surface area contributed by atoms with Gasteiger partial charge in [0.05, 0.1) is 6.10 Å². The number of nitrogen functional groups attached to an aromatic ring is 1. The van der Waals surface area contributed by atoms with Crippen molar-refractivity contribution in [3.05, 3.63) is 24.3 Å². The average Bonchev–Trinajstić information content (AvgIpc) is 2.48. The van der Waals surface area contributed by atoms with Crippen LogP contribution in [-0.4, -0.2) is 28.5 Å². The molecule has 4 nitrogen and oxygen atoms in total. The van der Waals surface area contributed by atoms with Gasteiger partial charge in [-0.25, -0.2) is 0 Å². The van der Waals surface area contributed by atoms with Gasteiger partial charge in [-0.2, -0.15) is 0 Å². The van der Waals surface area contributed by atoms with Crippen LogP contribution < -0.4 is 10.5 Å². The fraction of sp³-hybridized carbons (Fsp3) is 0.538. The number of anilines is 1. The molecule has 1 aromatic carbocycles. The van der Waals surface area contributed by atoms with Crippen LogP contribution >= 0.6 is 0 Å². The first-order valence-corrected chi connectivity index (χ1v) is 6.05. The Bertz CT molecular complexity index is 352. The van der Waals surface area contributed by atoms with Crippen molar-refractivity contribution in [3.63, 3.8) is 0 Å². The van der Waals surface area contributed by atoms with E-state index < -0.39 is 12.2 Å². The Morgan fingerprint density at radius 2 is 1.71 bits per heavy atom. The summed E-state index contributed by atoms with van der Waals surface area (Å²) >= 11 is 0.